The van der Waals surface area contributed by atoms with Crippen LogP contribution in [0, 0.1) is 0 Å². The first-order valence-electron chi connectivity index (χ1n) is 5.94. The van der Waals surface area contributed by atoms with Gasteiger partial charge >= 0.3 is 6.18 Å². The standard InChI is InChI=1S/C11H12ClF3N2O3S/c1-10(2-3-10)16-9(18)8-4-7(21(12,19)20)5-17(8)6-11(13,14)15/h4-5H,2-3,6H2,1H3,(H,16,18). The zero-order chi connectivity index (χ0) is 16.1. The summed E-state index contributed by atoms with van der Waals surface area (Å²) in [7, 11) is 0.894. The van der Waals surface area contributed by atoms with Crippen molar-refractivity contribution in [3.05, 3.63) is 18.0 Å². The number of aromatic nitrogens is 1. The molecule has 0 atom stereocenters. The van der Waals surface area contributed by atoms with E-state index < -0.39 is 38.1 Å². The van der Waals surface area contributed by atoms with Crippen LogP contribution in [0.3, 0.4) is 0 Å². The molecule has 1 heterocycles. The van der Waals surface area contributed by atoms with Crippen molar-refractivity contribution >= 4 is 25.6 Å². The van der Waals surface area contributed by atoms with Crippen LogP contribution in [0.2, 0.25) is 0 Å². The lowest BCUT2D eigenvalue weighted by Crippen LogP contribution is -2.36. The molecule has 1 fully saturated rings. The molecule has 5 nitrogen and oxygen atoms in total. The Morgan fingerprint density at radius 3 is 2.48 bits per heavy atom. The summed E-state index contributed by atoms with van der Waals surface area (Å²) in [4.78, 5) is 11.5. The van der Waals surface area contributed by atoms with E-state index in [1.165, 1.54) is 0 Å². The fraction of sp³-hybridized carbons (Fsp3) is 0.545. The minimum atomic E-state index is -4.59. The van der Waals surface area contributed by atoms with Crippen molar-refractivity contribution in [1.29, 1.82) is 0 Å². The molecule has 1 aromatic heterocycles. The second-order valence-electron chi connectivity index (χ2n) is 5.26. The number of carbonyl (C=O) groups is 1. The summed E-state index contributed by atoms with van der Waals surface area (Å²) in [5.41, 5.74) is -0.829. The van der Waals surface area contributed by atoms with E-state index in [9.17, 15) is 26.4 Å². The molecular weight excluding hydrogens is 333 g/mol. The predicted molar refractivity (Wildman–Crippen MR) is 68.6 cm³/mol. The Morgan fingerprint density at radius 2 is 2.05 bits per heavy atom. The van der Waals surface area contributed by atoms with Crippen LogP contribution in [0.4, 0.5) is 13.2 Å². The number of rotatable bonds is 4. The number of carbonyl (C=O) groups excluding carboxylic acids is 1. The molecule has 0 bridgehead atoms. The Kier molecular flexibility index (Phi) is 3.78. The second kappa shape index (κ2) is 4.91. The number of hydrogen-bond acceptors (Lipinski definition) is 3. The van der Waals surface area contributed by atoms with Crippen LogP contribution in [-0.4, -0.2) is 30.6 Å². The summed E-state index contributed by atoms with van der Waals surface area (Å²) < 4.78 is 60.5. The molecule has 0 saturated heterocycles. The van der Waals surface area contributed by atoms with Crippen molar-refractivity contribution in [2.45, 2.75) is 42.9 Å². The maximum atomic E-state index is 12.5. The van der Waals surface area contributed by atoms with Gasteiger partial charge in [0.2, 0.25) is 0 Å². The molecule has 0 spiro atoms. The largest absolute Gasteiger partial charge is 0.406 e. The van der Waals surface area contributed by atoms with E-state index in [0.29, 0.717) is 10.8 Å². The first-order valence-corrected chi connectivity index (χ1v) is 8.25. The van der Waals surface area contributed by atoms with E-state index in [-0.39, 0.29) is 5.69 Å². The van der Waals surface area contributed by atoms with Crippen LogP contribution in [0.25, 0.3) is 0 Å². The van der Waals surface area contributed by atoms with Gasteiger partial charge in [-0.25, -0.2) is 8.42 Å². The summed E-state index contributed by atoms with van der Waals surface area (Å²) in [6.45, 7) is 0.278. The van der Waals surface area contributed by atoms with Crippen molar-refractivity contribution < 1.29 is 26.4 Å². The third-order valence-corrected chi connectivity index (χ3v) is 4.47. The van der Waals surface area contributed by atoms with Crippen LogP contribution in [-0.2, 0) is 15.6 Å². The molecule has 1 aromatic rings. The second-order valence-corrected chi connectivity index (χ2v) is 7.82. The summed E-state index contributed by atoms with van der Waals surface area (Å²) in [6.07, 6.45) is -2.44. The Bertz CT molecular complexity index is 677. The fourth-order valence-corrected chi connectivity index (χ4v) is 2.54. The van der Waals surface area contributed by atoms with E-state index in [2.05, 4.69) is 5.32 Å². The minimum Gasteiger partial charge on any atom is -0.346 e. The van der Waals surface area contributed by atoms with Gasteiger partial charge in [0.05, 0.1) is 0 Å². The predicted octanol–water partition coefficient (Wildman–Crippen LogP) is 2.26. The molecule has 1 aliphatic carbocycles. The van der Waals surface area contributed by atoms with E-state index in [1.807, 2.05) is 0 Å². The maximum absolute atomic E-state index is 12.5. The third kappa shape index (κ3) is 4.13. The number of hydrogen-bond donors (Lipinski definition) is 1. The van der Waals surface area contributed by atoms with Crippen LogP contribution >= 0.6 is 10.7 Å². The van der Waals surface area contributed by atoms with Crippen LogP contribution in [0.15, 0.2) is 17.2 Å². The van der Waals surface area contributed by atoms with Gasteiger partial charge in [0.25, 0.3) is 15.0 Å². The van der Waals surface area contributed by atoms with Crippen molar-refractivity contribution in [2.24, 2.45) is 0 Å². The topological polar surface area (TPSA) is 68.2 Å². The van der Waals surface area contributed by atoms with Crippen molar-refractivity contribution in [1.82, 2.24) is 9.88 Å². The summed E-state index contributed by atoms with van der Waals surface area (Å²) in [6, 6.07) is 0.842. The average Bonchev–Trinajstić information content (AvgIpc) is 2.83. The van der Waals surface area contributed by atoms with Crippen LogP contribution in [0.1, 0.15) is 30.3 Å². The zero-order valence-corrected chi connectivity index (χ0v) is 12.4. The van der Waals surface area contributed by atoms with Crippen molar-refractivity contribution in [3.63, 3.8) is 0 Å². The molecule has 0 aromatic carbocycles. The van der Waals surface area contributed by atoms with Gasteiger partial charge in [0, 0.05) is 22.4 Å². The van der Waals surface area contributed by atoms with Gasteiger partial charge in [-0.05, 0) is 25.8 Å². The number of halogens is 4. The van der Waals surface area contributed by atoms with Gasteiger partial charge in [0.1, 0.15) is 17.1 Å². The molecule has 118 valence electrons. The summed E-state index contributed by atoms with van der Waals surface area (Å²) in [5, 5.41) is 2.57. The van der Waals surface area contributed by atoms with Gasteiger partial charge in [-0.3, -0.25) is 4.79 Å². The number of nitrogens with one attached hydrogen (secondary N) is 1. The lowest BCUT2D eigenvalue weighted by atomic mass is 10.3. The number of alkyl halides is 3. The number of amides is 1. The van der Waals surface area contributed by atoms with Crippen molar-refractivity contribution in [3.8, 4) is 0 Å². The molecule has 1 N–H and O–H groups in total. The van der Waals surface area contributed by atoms with Gasteiger partial charge in [-0.1, -0.05) is 0 Å². The highest BCUT2D eigenvalue weighted by molar-refractivity contribution is 8.13. The van der Waals surface area contributed by atoms with Crippen LogP contribution in [0.5, 0.6) is 0 Å². The fourth-order valence-electron chi connectivity index (χ4n) is 1.78. The molecule has 1 amide bonds. The van der Waals surface area contributed by atoms with E-state index >= 15 is 0 Å². The zero-order valence-electron chi connectivity index (χ0n) is 10.9. The Morgan fingerprint density at radius 1 is 1.48 bits per heavy atom. The van der Waals surface area contributed by atoms with Gasteiger partial charge in [0.15, 0.2) is 0 Å². The molecule has 21 heavy (non-hydrogen) atoms. The smallest absolute Gasteiger partial charge is 0.346 e. The highest BCUT2D eigenvalue weighted by Gasteiger charge is 2.40. The van der Waals surface area contributed by atoms with Gasteiger partial charge < -0.3 is 9.88 Å². The van der Waals surface area contributed by atoms with Crippen LogP contribution < -0.4 is 5.32 Å². The van der Waals surface area contributed by atoms with Gasteiger partial charge in [-0.15, -0.1) is 0 Å². The molecule has 1 aliphatic rings. The Labute approximate surface area is 123 Å². The molecule has 1 saturated carbocycles. The summed E-state index contributed by atoms with van der Waals surface area (Å²) in [5.74, 6) is -0.759. The third-order valence-electron chi connectivity index (χ3n) is 3.15. The normalized spacial score (nSPS) is 17.6. The SMILES string of the molecule is CC1(NC(=O)c2cc(S(=O)(=O)Cl)cn2CC(F)(F)F)CC1. The molecular formula is C11H12ClF3N2O3S. The molecule has 2 rings (SSSR count). The Balaban J connectivity index is 2.37. The Hall–Kier alpha value is -1.22. The van der Waals surface area contributed by atoms with Crippen molar-refractivity contribution in [2.75, 3.05) is 0 Å². The molecule has 0 aliphatic heterocycles. The average molecular weight is 345 g/mol. The van der Waals surface area contributed by atoms with E-state index in [4.69, 9.17) is 10.7 Å². The molecule has 0 unspecified atom stereocenters. The molecule has 0 radical (unpaired) electrons. The first kappa shape index (κ1) is 16.2. The number of nitrogens with zero attached hydrogens (tertiary/aromatic N) is 1. The summed E-state index contributed by atoms with van der Waals surface area (Å²) >= 11 is 0. The first-order chi connectivity index (χ1) is 9.40. The van der Waals surface area contributed by atoms with Gasteiger partial charge in [-0.2, -0.15) is 13.2 Å². The highest BCUT2D eigenvalue weighted by Crippen LogP contribution is 2.35. The highest BCUT2D eigenvalue weighted by atomic mass is 35.7. The van der Waals surface area contributed by atoms with E-state index in [1.54, 1.807) is 6.92 Å². The lowest BCUT2D eigenvalue weighted by Gasteiger charge is -2.14. The molecule has 10 heteroatoms. The lowest BCUT2D eigenvalue weighted by molar-refractivity contribution is -0.140. The minimum absolute atomic E-state index is 0.389. The monoisotopic (exact) mass is 344 g/mol. The maximum Gasteiger partial charge on any atom is 0.406 e. The quantitative estimate of drug-likeness (QED) is 0.852. The van der Waals surface area contributed by atoms with E-state index in [0.717, 1.165) is 18.9 Å².